The fourth-order valence-electron chi connectivity index (χ4n) is 0.999. The average molecular weight is 244 g/mol. The molecule has 2 amide bonds. The number of nitrogens with zero attached hydrogens (tertiary/aromatic N) is 1. The summed E-state index contributed by atoms with van der Waals surface area (Å²) in [4.78, 5) is 23.0. The largest absolute Gasteiger partial charge is 0.481 e. The minimum atomic E-state index is -0.919. The van der Waals surface area contributed by atoms with E-state index < -0.39 is 5.97 Å². The molecule has 0 unspecified atom stereocenters. The fourth-order valence-corrected chi connectivity index (χ4v) is 0.999. The van der Waals surface area contributed by atoms with E-state index in [-0.39, 0.29) is 19.0 Å². The van der Waals surface area contributed by atoms with Gasteiger partial charge >= 0.3 is 12.0 Å². The first-order valence-electron chi connectivity index (χ1n) is 5.47. The molecule has 0 aromatic heterocycles. The summed E-state index contributed by atoms with van der Waals surface area (Å²) in [5.41, 5.74) is 0. The van der Waals surface area contributed by atoms with Crippen LogP contribution in [0.4, 0.5) is 4.79 Å². The van der Waals surface area contributed by atoms with Crippen LogP contribution < -0.4 is 5.32 Å². The Hall–Kier alpha value is -1.56. The highest BCUT2D eigenvalue weighted by Gasteiger charge is 2.08. The lowest BCUT2D eigenvalue weighted by Gasteiger charge is -2.16. The van der Waals surface area contributed by atoms with Gasteiger partial charge in [-0.25, -0.2) is 4.79 Å². The molecular weight excluding hydrogens is 224 g/mol. The summed E-state index contributed by atoms with van der Waals surface area (Å²) < 4.78 is 5.20. The first-order valence-corrected chi connectivity index (χ1v) is 5.47. The number of hydrogen-bond donors (Lipinski definition) is 2. The molecule has 17 heavy (non-hydrogen) atoms. The lowest BCUT2D eigenvalue weighted by molar-refractivity contribution is -0.137. The van der Waals surface area contributed by atoms with Crippen molar-refractivity contribution in [3.63, 3.8) is 0 Å². The second-order valence-corrected chi connectivity index (χ2v) is 3.49. The molecule has 0 aliphatic rings. The first kappa shape index (κ1) is 15.4. The topological polar surface area (TPSA) is 78.9 Å². The van der Waals surface area contributed by atoms with Gasteiger partial charge in [0.25, 0.3) is 0 Å². The highest BCUT2D eigenvalue weighted by molar-refractivity contribution is 5.74. The molecule has 0 aromatic carbocycles. The van der Waals surface area contributed by atoms with E-state index in [1.807, 2.05) is 0 Å². The summed E-state index contributed by atoms with van der Waals surface area (Å²) in [5, 5.41) is 11.1. The molecule has 2 N–H and O–H groups in total. The van der Waals surface area contributed by atoms with E-state index in [2.05, 4.69) is 11.9 Å². The van der Waals surface area contributed by atoms with Gasteiger partial charge in [0.15, 0.2) is 0 Å². The van der Waals surface area contributed by atoms with Crippen LogP contribution in [0.3, 0.4) is 0 Å². The van der Waals surface area contributed by atoms with Crippen LogP contribution in [-0.4, -0.2) is 55.4 Å². The molecule has 0 heterocycles. The molecule has 6 nitrogen and oxygen atoms in total. The van der Waals surface area contributed by atoms with E-state index in [4.69, 9.17) is 9.84 Å². The summed E-state index contributed by atoms with van der Waals surface area (Å²) in [6.07, 6.45) is 2.49. The number of carbonyl (C=O) groups is 2. The number of carboxylic acid groups (broad SMARTS) is 1. The maximum absolute atomic E-state index is 11.4. The third kappa shape index (κ3) is 9.37. The molecule has 0 atom stereocenters. The van der Waals surface area contributed by atoms with Crippen LogP contribution in [0.15, 0.2) is 12.7 Å². The molecule has 0 aromatic rings. The number of nitrogens with one attached hydrogen (secondary N) is 1. The molecule has 0 saturated carbocycles. The molecule has 0 bridgehead atoms. The van der Waals surface area contributed by atoms with Crippen molar-refractivity contribution in [1.82, 2.24) is 10.2 Å². The Morgan fingerprint density at radius 1 is 1.47 bits per heavy atom. The van der Waals surface area contributed by atoms with Crippen LogP contribution in [-0.2, 0) is 9.53 Å². The van der Waals surface area contributed by atoms with Gasteiger partial charge in [-0.15, -0.1) is 6.58 Å². The molecule has 0 radical (unpaired) electrons. The molecule has 6 heteroatoms. The summed E-state index contributed by atoms with van der Waals surface area (Å²) in [6.45, 7) is 5.19. The van der Waals surface area contributed by atoms with Gasteiger partial charge in [0.05, 0.1) is 19.6 Å². The Bertz CT molecular complexity index is 256. The number of carbonyl (C=O) groups excluding carboxylic acids is 1. The van der Waals surface area contributed by atoms with E-state index in [9.17, 15) is 9.59 Å². The van der Waals surface area contributed by atoms with E-state index in [1.165, 1.54) is 4.90 Å². The number of aliphatic carboxylic acids is 1. The molecule has 0 fully saturated rings. The van der Waals surface area contributed by atoms with Crippen LogP contribution in [0.5, 0.6) is 0 Å². The minimum Gasteiger partial charge on any atom is -0.481 e. The zero-order valence-electron chi connectivity index (χ0n) is 10.1. The van der Waals surface area contributed by atoms with Crippen molar-refractivity contribution in [3.8, 4) is 0 Å². The van der Waals surface area contributed by atoms with Crippen molar-refractivity contribution < 1.29 is 19.4 Å². The van der Waals surface area contributed by atoms with Crippen LogP contribution in [0, 0.1) is 0 Å². The summed E-state index contributed by atoms with van der Waals surface area (Å²) >= 11 is 0. The van der Waals surface area contributed by atoms with Crippen LogP contribution in [0.2, 0.25) is 0 Å². The molecule has 98 valence electrons. The van der Waals surface area contributed by atoms with Crippen molar-refractivity contribution in [2.45, 2.75) is 12.8 Å². The van der Waals surface area contributed by atoms with E-state index in [1.54, 1.807) is 13.1 Å². The quantitative estimate of drug-likeness (QED) is 0.462. The molecule has 0 aliphatic carbocycles. The lowest BCUT2D eigenvalue weighted by atomic mass is 10.4. The average Bonchev–Trinajstić information content (AvgIpc) is 2.30. The fraction of sp³-hybridized carbons (Fsp3) is 0.636. The minimum absolute atomic E-state index is 0.0558. The molecule has 0 saturated heterocycles. The maximum Gasteiger partial charge on any atom is 0.317 e. The summed E-state index contributed by atoms with van der Waals surface area (Å²) in [6, 6.07) is -0.293. The lowest BCUT2D eigenvalue weighted by Crippen LogP contribution is -2.39. The second-order valence-electron chi connectivity index (χ2n) is 3.49. The maximum atomic E-state index is 11.4. The molecule has 0 rings (SSSR count). The van der Waals surface area contributed by atoms with E-state index in [0.717, 1.165) is 6.42 Å². The SMILES string of the molecule is C=CCCOCCNC(=O)N(C)CCC(=O)O. The van der Waals surface area contributed by atoms with Gasteiger partial charge in [-0.2, -0.15) is 0 Å². The Kier molecular flexibility index (Phi) is 8.77. The van der Waals surface area contributed by atoms with Gasteiger partial charge in [0.2, 0.25) is 0 Å². The highest BCUT2D eigenvalue weighted by atomic mass is 16.5. The molecular formula is C11H20N2O4. The standard InChI is InChI=1S/C11H20N2O4/c1-3-4-8-17-9-6-12-11(16)13(2)7-5-10(14)15/h3H,1,4-9H2,2H3,(H,12,16)(H,14,15). The predicted molar refractivity (Wildman–Crippen MR) is 63.9 cm³/mol. The highest BCUT2D eigenvalue weighted by Crippen LogP contribution is 1.89. The monoisotopic (exact) mass is 244 g/mol. The molecule has 0 aliphatic heterocycles. The van der Waals surface area contributed by atoms with Gasteiger partial charge in [-0.05, 0) is 6.42 Å². The zero-order chi connectivity index (χ0) is 13.1. The van der Waals surface area contributed by atoms with Crippen molar-refractivity contribution in [3.05, 3.63) is 12.7 Å². The summed E-state index contributed by atoms with van der Waals surface area (Å²) in [5.74, 6) is -0.919. The Morgan fingerprint density at radius 2 is 2.18 bits per heavy atom. The number of amides is 2. The normalized spacial score (nSPS) is 9.71. The number of rotatable bonds is 9. The van der Waals surface area contributed by atoms with E-state index in [0.29, 0.717) is 19.8 Å². The van der Waals surface area contributed by atoms with Crippen LogP contribution in [0.1, 0.15) is 12.8 Å². The van der Waals surface area contributed by atoms with Crippen LogP contribution >= 0.6 is 0 Å². The van der Waals surface area contributed by atoms with Crippen LogP contribution in [0.25, 0.3) is 0 Å². The number of ether oxygens (including phenoxy) is 1. The smallest absolute Gasteiger partial charge is 0.317 e. The first-order chi connectivity index (χ1) is 8.07. The third-order valence-electron chi connectivity index (χ3n) is 2.00. The number of urea groups is 1. The molecule has 0 spiro atoms. The zero-order valence-corrected chi connectivity index (χ0v) is 10.1. The predicted octanol–water partition coefficient (Wildman–Crippen LogP) is 0.695. The van der Waals surface area contributed by atoms with Gasteiger partial charge in [0.1, 0.15) is 0 Å². The van der Waals surface area contributed by atoms with Gasteiger partial charge in [0, 0.05) is 20.1 Å². The Labute approximate surface area is 101 Å². The third-order valence-corrected chi connectivity index (χ3v) is 2.00. The van der Waals surface area contributed by atoms with Crippen molar-refractivity contribution in [2.24, 2.45) is 0 Å². The Morgan fingerprint density at radius 3 is 2.76 bits per heavy atom. The number of carboxylic acids is 1. The number of hydrogen-bond acceptors (Lipinski definition) is 3. The van der Waals surface area contributed by atoms with Crippen molar-refractivity contribution in [1.29, 1.82) is 0 Å². The Balaban J connectivity index is 3.50. The second kappa shape index (κ2) is 9.65. The van der Waals surface area contributed by atoms with Crippen molar-refractivity contribution in [2.75, 3.05) is 33.4 Å². The van der Waals surface area contributed by atoms with Gasteiger partial charge in [-0.1, -0.05) is 6.08 Å². The van der Waals surface area contributed by atoms with Crippen molar-refractivity contribution >= 4 is 12.0 Å². The van der Waals surface area contributed by atoms with Gasteiger partial charge in [-0.3, -0.25) is 4.79 Å². The van der Waals surface area contributed by atoms with E-state index >= 15 is 0 Å². The summed E-state index contributed by atoms with van der Waals surface area (Å²) in [7, 11) is 1.55. The van der Waals surface area contributed by atoms with Gasteiger partial charge < -0.3 is 20.1 Å².